The van der Waals surface area contributed by atoms with Crippen molar-refractivity contribution in [1.29, 1.82) is 0 Å². The second-order valence-electron chi connectivity index (χ2n) is 7.44. The molecule has 134 valence electrons. The van der Waals surface area contributed by atoms with Crippen molar-refractivity contribution in [2.24, 2.45) is 0 Å². The van der Waals surface area contributed by atoms with Crippen LogP contribution in [0.25, 0.3) is 11.3 Å². The molecule has 0 saturated heterocycles. The molecule has 0 atom stereocenters. The second kappa shape index (κ2) is 7.42. The topological polar surface area (TPSA) is 50.2 Å². The lowest BCUT2D eigenvalue weighted by molar-refractivity contribution is -0.136. The van der Waals surface area contributed by atoms with E-state index < -0.39 is 5.97 Å². The average molecular weight is 365 g/mol. The van der Waals surface area contributed by atoms with Gasteiger partial charge in [0.1, 0.15) is 0 Å². The molecule has 4 heteroatoms. The Kier molecular flexibility index (Phi) is 5.23. The maximum atomic E-state index is 11.2. The van der Waals surface area contributed by atoms with E-state index in [1.165, 1.54) is 22.5 Å². The van der Waals surface area contributed by atoms with Crippen LogP contribution in [0.4, 0.5) is 0 Å². The summed E-state index contributed by atoms with van der Waals surface area (Å²) < 4.78 is 0. The number of rotatable bonds is 5. The van der Waals surface area contributed by atoms with E-state index in [-0.39, 0.29) is 11.8 Å². The molecule has 2 aromatic carbocycles. The first kappa shape index (κ1) is 18.3. The Morgan fingerprint density at radius 2 is 1.69 bits per heavy atom. The molecule has 0 spiro atoms. The van der Waals surface area contributed by atoms with Crippen molar-refractivity contribution in [2.45, 2.75) is 39.0 Å². The third kappa shape index (κ3) is 4.38. The fraction of sp³-hybridized carbons (Fsp3) is 0.273. The number of benzene rings is 2. The van der Waals surface area contributed by atoms with Gasteiger partial charge in [-0.15, -0.1) is 11.3 Å². The minimum Gasteiger partial charge on any atom is -0.481 e. The maximum absolute atomic E-state index is 11.2. The smallest absolute Gasteiger partial charge is 0.308 e. The highest BCUT2D eigenvalue weighted by molar-refractivity contribution is 7.12. The minimum atomic E-state index is -0.827. The SMILES string of the molecule is CC(C)(C)c1ccc(Cc2nc(-c3ccccc3)c(CC(=O)O)s2)cc1. The monoisotopic (exact) mass is 365 g/mol. The van der Waals surface area contributed by atoms with E-state index in [4.69, 9.17) is 4.98 Å². The summed E-state index contributed by atoms with van der Waals surface area (Å²) in [5, 5.41) is 10.2. The summed E-state index contributed by atoms with van der Waals surface area (Å²) in [6.45, 7) is 6.60. The highest BCUT2D eigenvalue weighted by Crippen LogP contribution is 2.30. The molecule has 0 aliphatic rings. The van der Waals surface area contributed by atoms with Crippen LogP contribution in [0.1, 0.15) is 41.8 Å². The summed E-state index contributed by atoms with van der Waals surface area (Å²) in [4.78, 5) is 16.8. The summed E-state index contributed by atoms with van der Waals surface area (Å²) in [6.07, 6.45) is 0.722. The summed E-state index contributed by atoms with van der Waals surface area (Å²) in [7, 11) is 0. The van der Waals surface area contributed by atoms with Crippen molar-refractivity contribution in [2.75, 3.05) is 0 Å². The quantitative estimate of drug-likeness (QED) is 0.665. The summed E-state index contributed by atoms with van der Waals surface area (Å²) in [5.74, 6) is -0.827. The van der Waals surface area contributed by atoms with Crippen LogP contribution in [-0.2, 0) is 23.1 Å². The van der Waals surface area contributed by atoms with E-state index >= 15 is 0 Å². The van der Waals surface area contributed by atoms with Gasteiger partial charge in [-0.1, -0.05) is 75.4 Å². The van der Waals surface area contributed by atoms with E-state index in [1.54, 1.807) is 0 Å². The molecule has 1 N–H and O–H groups in total. The van der Waals surface area contributed by atoms with Gasteiger partial charge in [0.2, 0.25) is 0 Å². The molecule has 0 saturated carbocycles. The van der Waals surface area contributed by atoms with Gasteiger partial charge >= 0.3 is 5.97 Å². The zero-order chi connectivity index (χ0) is 18.7. The highest BCUT2D eigenvalue weighted by Gasteiger charge is 2.17. The lowest BCUT2D eigenvalue weighted by Crippen LogP contribution is -2.10. The maximum Gasteiger partial charge on any atom is 0.308 e. The third-order valence-electron chi connectivity index (χ3n) is 4.28. The van der Waals surface area contributed by atoms with Gasteiger partial charge in [0.05, 0.1) is 17.1 Å². The third-order valence-corrected chi connectivity index (χ3v) is 5.33. The van der Waals surface area contributed by atoms with Crippen LogP contribution >= 0.6 is 11.3 Å². The summed E-state index contributed by atoms with van der Waals surface area (Å²) in [5.41, 5.74) is 4.38. The number of hydrogen-bond donors (Lipinski definition) is 1. The van der Waals surface area contributed by atoms with Gasteiger partial charge in [-0.3, -0.25) is 4.79 Å². The minimum absolute atomic E-state index is 0.00482. The molecular weight excluding hydrogens is 342 g/mol. The molecule has 26 heavy (non-hydrogen) atoms. The molecular formula is C22H23NO2S. The molecule has 1 heterocycles. The lowest BCUT2D eigenvalue weighted by Gasteiger charge is -2.19. The fourth-order valence-electron chi connectivity index (χ4n) is 2.85. The second-order valence-corrected chi connectivity index (χ2v) is 8.61. The predicted octanol–water partition coefficient (Wildman–Crippen LogP) is 5.33. The van der Waals surface area contributed by atoms with E-state index in [1.807, 2.05) is 30.3 Å². The first-order valence-corrected chi connectivity index (χ1v) is 9.50. The van der Waals surface area contributed by atoms with Gasteiger partial charge in [-0.25, -0.2) is 4.98 Å². The number of aliphatic carboxylic acids is 1. The van der Waals surface area contributed by atoms with Gasteiger partial charge in [0.15, 0.2) is 0 Å². The van der Waals surface area contributed by atoms with E-state index in [0.29, 0.717) is 6.42 Å². The number of nitrogens with zero attached hydrogens (tertiary/aromatic N) is 1. The van der Waals surface area contributed by atoms with Crippen LogP contribution < -0.4 is 0 Å². The molecule has 3 nitrogen and oxygen atoms in total. The van der Waals surface area contributed by atoms with Crippen LogP contribution in [0, 0.1) is 0 Å². The van der Waals surface area contributed by atoms with Crippen molar-refractivity contribution < 1.29 is 9.90 Å². The van der Waals surface area contributed by atoms with E-state index in [2.05, 4.69) is 45.0 Å². The van der Waals surface area contributed by atoms with Crippen LogP contribution in [0.2, 0.25) is 0 Å². The number of carboxylic acids is 1. The normalized spacial score (nSPS) is 11.5. The van der Waals surface area contributed by atoms with Crippen molar-refractivity contribution in [3.63, 3.8) is 0 Å². The van der Waals surface area contributed by atoms with Crippen LogP contribution in [-0.4, -0.2) is 16.1 Å². The Morgan fingerprint density at radius 3 is 2.27 bits per heavy atom. The van der Waals surface area contributed by atoms with Crippen LogP contribution in [0.15, 0.2) is 54.6 Å². The summed E-state index contributed by atoms with van der Waals surface area (Å²) >= 11 is 1.50. The molecule has 0 fully saturated rings. The Labute approximate surface area is 158 Å². The molecule has 0 unspecified atom stereocenters. The largest absolute Gasteiger partial charge is 0.481 e. The van der Waals surface area contributed by atoms with Gasteiger partial charge in [0.25, 0.3) is 0 Å². The van der Waals surface area contributed by atoms with Crippen molar-refractivity contribution in [3.8, 4) is 11.3 Å². The van der Waals surface area contributed by atoms with E-state index in [9.17, 15) is 9.90 Å². The Bertz CT molecular complexity index is 890. The Morgan fingerprint density at radius 1 is 1.04 bits per heavy atom. The molecule has 1 aromatic heterocycles. The Balaban J connectivity index is 1.89. The first-order chi connectivity index (χ1) is 12.3. The average Bonchev–Trinajstić information content (AvgIpc) is 2.97. The highest BCUT2D eigenvalue weighted by atomic mass is 32.1. The molecule has 3 rings (SSSR count). The van der Waals surface area contributed by atoms with Crippen molar-refractivity contribution in [3.05, 3.63) is 75.6 Å². The van der Waals surface area contributed by atoms with Crippen LogP contribution in [0.3, 0.4) is 0 Å². The van der Waals surface area contributed by atoms with Gasteiger partial charge in [0, 0.05) is 16.9 Å². The molecule has 0 aliphatic heterocycles. The number of carbonyl (C=O) groups is 1. The molecule has 3 aromatic rings. The fourth-order valence-corrected chi connectivity index (χ4v) is 3.97. The standard InChI is InChI=1S/C22H23NO2S/c1-22(2,3)17-11-9-15(10-12-17)13-19-23-21(16-7-5-4-6-8-16)18(26-19)14-20(24)25/h4-12H,13-14H2,1-3H3,(H,24,25). The van der Waals surface area contributed by atoms with Gasteiger partial charge in [-0.05, 0) is 16.5 Å². The lowest BCUT2D eigenvalue weighted by atomic mass is 9.86. The number of hydrogen-bond acceptors (Lipinski definition) is 3. The van der Waals surface area contributed by atoms with Gasteiger partial charge < -0.3 is 5.11 Å². The number of carboxylic acid groups (broad SMARTS) is 1. The number of aromatic nitrogens is 1. The zero-order valence-electron chi connectivity index (χ0n) is 15.3. The predicted molar refractivity (Wildman–Crippen MR) is 107 cm³/mol. The first-order valence-electron chi connectivity index (χ1n) is 8.68. The van der Waals surface area contributed by atoms with Gasteiger partial charge in [-0.2, -0.15) is 0 Å². The van der Waals surface area contributed by atoms with Crippen molar-refractivity contribution >= 4 is 17.3 Å². The number of thiazole rings is 1. The van der Waals surface area contributed by atoms with Crippen molar-refractivity contribution in [1.82, 2.24) is 4.98 Å². The molecule has 0 bridgehead atoms. The summed E-state index contributed by atoms with van der Waals surface area (Å²) in [6, 6.07) is 18.4. The zero-order valence-corrected chi connectivity index (χ0v) is 16.1. The Hall–Kier alpha value is -2.46. The van der Waals surface area contributed by atoms with Crippen LogP contribution in [0.5, 0.6) is 0 Å². The van der Waals surface area contributed by atoms with E-state index in [0.717, 1.165) is 21.1 Å². The molecule has 0 aliphatic carbocycles. The molecule has 0 amide bonds. The molecule has 0 radical (unpaired) electrons.